The number of hydrogen-bond acceptors (Lipinski definition) is 4. The van der Waals surface area contributed by atoms with Gasteiger partial charge in [-0.25, -0.2) is 8.78 Å². The first-order valence-corrected chi connectivity index (χ1v) is 10.7. The third-order valence-electron chi connectivity index (χ3n) is 5.84. The Bertz CT molecular complexity index is 1620. The van der Waals surface area contributed by atoms with Crippen LogP contribution in [0.3, 0.4) is 0 Å². The summed E-state index contributed by atoms with van der Waals surface area (Å²) in [6.07, 6.45) is 1.77. The Hall–Kier alpha value is -4.33. The standard InChI is InChI=1S/C26H21F2N5O/c1-14-4-6-18(30-25-12-23(31-32-25)19-7-5-17(27)10-22(19)28)11-20(14)21-9-16-13-29-15(2)8-24(16)33(3)26(21)34/h4-13H,1-3H3,(H2,30,31,32). The molecule has 3 aromatic heterocycles. The Morgan fingerprint density at radius 2 is 1.76 bits per heavy atom. The molecule has 0 spiro atoms. The molecule has 5 aromatic rings. The maximum Gasteiger partial charge on any atom is 0.258 e. The summed E-state index contributed by atoms with van der Waals surface area (Å²) in [4.78, 5) is 17.5. The Morgan fingerprint density at radius 1 is 0.941 bits per heavy atom. The van der Waals surface area contributed by atoms with Gasteiger partial charge in [0.25, 0.3) is 5.56 Å². The van der Waals surface area contributed by atoms with Crippen LogP contribution in [0.25, 0.3) is 33.3 Å². The van der Waals surface area contributed by atoms with E-state index in [1.54, 1.807) is 23.9 Å². The van der Waals surface area contributed by atoms with Crippen LogP contribution in [0.4, 0.5) is 20.3 Å². The summed E-state index contributed by atoms with van der Waals surface area (Å²) in [6.45, 7) is 3.84. The van der Waals surface area contributed by atoms with Gasteiger partial charge in [0.1, 0.15) is 11.6 Å². The second-order valence-corrected chi connectivity index (χ2v) is 8.25. The number of aromatic nitrogens is 4. The van der Waals surface area contributed by atoms with Gasteiger partial charge >= 0.3 is 0 Å². The van der Waals surface area contributed by atoms with Crippen LogP contribution in [0, 0.1) is 25.5 Å². The SMILES string of the molecule is Cc1cc2c(cn1)cc(-c1cc(Nc3cc(-c4ccc(F)cc4F)[nH]n3)ccc1C)c(=O)n2C. The minimum atomic E-state index is -0.676. The van der Waals surface area contributed by atoms with Crippen molar-refractivity contribution in [3.8, 4) is 22.4 Å². The van der Waals surface area contributed by atoms with E-state index in [0.29, 0.717) is 22.8 Å². The molecular formula is C26H21F2N5O. The summed E-state index contributed by atoms with van der Waals surface area (Å²) in [6, 6.07) is 14.5. The molecule has 0 radical (unpaired) electrons. The van der Waals surface area contributed by atoms with E-state index >= 15 is 0 Å². The summed E-state index contributed by atoms with van der Waals surface area (Å²) in [5, 5.41) is 11.0. The number of anilines is 2. The van der Waals surface area contributed by atoms with E-state index in [1.807, 2.05) is 44.2 Å². The Morgan fingerprint density at radius 3 is 2.56 bits per heavy atom. The maximum absolute atomic E-state index is 14.1. The summed E-state index contributed by atoms with van der Waals surface area (Å²) in [5.74, 6) is -0.860. The van der Waals surface area contributed by atoms with E-state index in [0.717, 1.165) is 33.8 Å². The van der Waals surface area contributed by atoms with Crippen molar-refractivity contribution in [2.24, 2.45) is 7.05 Å². The van der Waals surface area contributed by atoms with Gasteiger partial charge in [-0.05, 0) is 61.4 Å². The molecule has 2 aromatic carbocycles. The summed E-state index contributed by atoms with van der Waals surface area (Å²) < 4.78 is 29.0. The summed E-state index contributed by atoms with van der Waals surface area (Å²) in [7, 11) is 1.75. The molecule has 5 rings (SSSR count). The van der Waals surface area contributed by atoms with Gasteiger partial charge in [-0.15, -0.1) is 0 Å². The first-order valence-electron chi connectivity index (χ1n) is 10.7. The molecule has 0 bridgehead atoms. The highest BCUT2D eigenvalue weighted by molar-refractivity contribution is 5.85. The van der Waals surface area contributed by atoms with Gasteiger partial charge in [-0.3, -0.25) is 14.9 Å². The lowest BCUT2D eigenvalue weighted by molar-refractivity contribution is 0.585. The van der Waals surface area contributed by atoms with Crippen molar-refractivity contribution in [2.75, 3.05) is 5.32 Å². The number of benzene rings is 2. The number of rotatable bonds is 4. The quantitative estimate of drug-likeness (QED) is 0.367. The zero-order valence-corrected chi connectivity index (χ0v) is 18.8. The van der Waals surface area contributed by atoms with E-state index in [2.05, 4.69) is 20.5 Å². The zero-order valence-electron chi connectivity index (χ0n) is 18.8. The van der Waals surface area contributed by atoms with E-state index in [1.165, 1.54) is 12.1 Å². The average molecular weight is 457 g/mol. The van der Waals surface area contributed by atoms with Crippen LogP contribution in [0.15, 0.2) is 65.6 Å². The van der Waals surface area contributed by atoms with Gasteiger partial charge < -0.3 is 9.88 Å². The molecule has 0 unspecified atom stereocenters. The number of nitrogens with zero attached hydrogens (tertiary/aromatic N) is 3. The van der Waals surface area contributed by atoms with Gasteiger partial charge in [0.2, 0.25) is 0 Å². The molecule has 0 saturated carbocycles. The van der Waals surface area contributed by atoms with Gasteiger partial charge in [0, 0.05) is 53.3 Å². The number of aryl methyl sites for hydroxylation is 3. The Kier molecular flexibility index (Phi) is 5.20. The molecule has 3 heterocycles. The highest BCUT2D eigenvalue weighted by Gasteiger charge is 2.14. The normalized spacial score (nSPS) is 11.2. The summed E-state index contributed by atoms with van der Waals surface area (Å²) >= 11 is 0. The van der Waals surface area contributed by atoms with Crippen LogP contribution in [0.2, 0.25) is 0 Å². The minimum absolute atomic E-state index is 0.104. The lowest BCUT2D eigenvalue weighted by Crippen LogP contribution is -2.19. The number of fused-ring (bicyclic) bond motifs is 1. The first-order chi connectivity index (χ1) is 16.3. The molecule has 0 aliphatic rings. The highest BCUT2D eigenvalue weighted by Crippen LogP contribution is 2.29. The molecule has 0 aliphatic carbocycles. The second-order valence-electron chi connectivity index (χ2n) is 8.25. The van der Waals surface area contributed by atoms with Crippen LogP contribution in [0.5, 0.6) is 0 Å². The summed E-state index contributed by atoms with van der Waals surface area (Å²) in [5.41, 5.74) is 5.20. The minimum Gasteiger partial charge on any atom is -0.339 e. The number of aromatic amines is 1. The third-order valence-corrected chi connectivity index (χ3v) is 5.84. The van der Waals surface area contributed by atoms with Crippen LogP contribution in [-0.2, 0) is 7.05 Å². The monoisotopic (exact) mass is 457 g/mol. The van der Waals surface area contributed by atoms with Gasteiger partial charge in [0.15, 0.2) is 5.82 Å². The van der Waals surface area contributed by atoms with E-state index < -0.39 is 11.6 Å². The molecule has 170 valence electrons. The smallest absolute Gasteiger partial charge is 0.258 e. The fourth-order valence-electron chi connectivity index (χ4n) is 4.03. The molecule has 0 atom stereocenters. The van der Waals surface area contributed by atoms with Crippen molar-refractivity contribution < 1.29 is 8.78 Å². The van der Waals surface area contributed by atoms with Crippen LogP contribution < -0.4 is 10.9 Å². The van der Waals surface area contributed by atoms with Gasteiger partial charge in [0.05, 0.1) is 11.2 Å². The molecule has 8 heteroatoms. The number of halogens is 2. The largest absolute Gasteiger partial charge is 0.339 e. The molecule has 0 fully saturated rings. The number of H-pyrrole nitrogens is 1. The van der Waals surface area contributed by atoms with Crippen molar-refractivity contribution >= 4 is 22.4 Å². The Balaban J connectivity index is 1.51. The zero-order chi connectivity index (χ0) is 24.0. The van der Waals surface area contributed by atoms with Crippen molar-refractivity contribution in [3.63, 3.8) is 0 Å². The van der Waals surface area contributed by atoms with E-state index in [4.69, 9.17) is 0 Å². The molecular weight excluding hydrogens is 436 g/mol. The Labute approximate surface area is 193 Å². The molecule has 0 amide bonds. The predicted octanol–water partition coefficient (Wildman–Crippen LogP) is 5.63. The van der Waals surface area contributed by atoms with Crippen molar-refractivity contribution in [1.29, 1.82) is 0 Å². The van der Waals surface area contributed by atoms with Crippen molar-refractivity contribution in [1.82, 2.24) is 19.7 Å². The first kappa shape index (κ1) is 21.5. The molecule has 0 aliphatic heterocycles. The highest BCUT2D eigenvalue weighted by atomic mass is 19.1. The number of pyridine rings is 2. The second kappa shape index (κ2) is 8.22. The average Bonchev–Trinajstić information content (AvgIpc) is 3.26. The number of nitrogens with one attached hydrogen (secondary N) is 2. The molecule has 34 heavy (non-hydrogen) atoms. The lowest BCUT2D eigenvalue weighted by atomic mass is 9.99. The molecule has 0 saturated heterocycles. The van der Waals surface area contributed by atoms with Crippen molar-refractivity contribution in [3.05, 3.63) is 94.0 Å². The van der Waals surface area contributed by atoms with Gasteiger partial charge in [-0.1, -0.05) is 6.07 Å². The fraction of sp³-hybridized carbons (Fsp3) is 0.115. The third kappa shape index (κ3) is 3.83. The maximum atomic E-state index is 14.1. The van der Waals surface area contributed by atoms with Crippen LogP contribution >= 0.6 is 0 Å². The van der Waals surface area contributed by atoms with Crippen LogP contribution in [0.1, 0.15) is 11.3 Å². The predicted molar refractivity (Wildman–Crippen MR) is 129 cm³/mol. The van der Waals surface area contributed by atoms with Crippen molar-refractivity contribution in [2.45, 2.75) is 13.8 Å². The fourth-order valence-corrected chi connectivity index (χ4v) is 4.03. The van der Waals surface area contributed by atoms with Crippen LogP contribution in [-0.4, -0.2) is 19.7 Å². The lowest BCUT2D eigenvalue weighted by Gasteiger charge is -2.13. The van der Waals surface area contributed by atoms with E-state index in [9.17, 15) is 13.6 Å². The number of hydrogen-bond donors (Lipinski definition) is 2. The molecule has 6 nitrogen and oxygen atoms in total. The molecule has 2 N–H and O–H groups in total. The topological polar surface area (TPSA) is 75.6 Å². The van der Waals surface area contributed by atoms with Gasteiger partial charge in [-0.2, -0.15) is 5.10 Å². The van der Waals surface area contributed by atoms with E-state index in [-0.39, 0.29) is 11.1 Å².